The summed E-state index contributed by atoms with van der Waals surface area (Å²) in [6, 6.07) is 0.817. The van der Waals surface area contributed by atoms with Gasteiger partial charge in [0.15, 0.2) is 0 Å². The molecule has 1 aliphatic carbocycles. The van der Waals surface area contributed by atoms with Crippen LogP contribution in [0, 0.1) is 5.41 Å². The number of likely N-dealkylation sites (tertiary alicyclic amines) is 1. The normalized spacial score (nSPS) is 25.2. The average Bonchev–Trinajstić information content (AvgIpc) is 3.35. The first-order valence-corrected chi connectivity index (χ1v) is 9.70. The fourth-order valence-corrected chi connectivity index (χ4v) is 3.79. The fourth-order valence-electron chi connectivity index (χ4n) is 3.79. The smallest absolute Gasteiger partial charge is 0.318 e. The van der Waals surface area contributed by atoms with Crippen LogP contribution in [-0.4, -0.2) is 66.9 Å². The summed E-state index contributed by atoms with van der Waals surface area (Å²) in [5.41, 5.74) is 1.48. The zero-order chi connectivity index (χ0) is 18.4. The van der Waals surface area contributed by atoms with Crippen molar-refractivity contribution in [1.82, 2.24) is 20.4 Å². The van der Waals surface area contributed by atoms with Gasteiger partial charge in [-0.15, -0.1) is 0 Å². The van der Waals surface area contributed by atoms with Crippen LogP contribution in [0.25, 0.3) is 0 Å². The van der Waals surface area contributed by atoms with Crippen LogP contribution >= 0.6 is 0 Å². The molecule has 2 aliphatic heterocycles. The second kappa shape index (κ2) is 9.03. The lowest BCUT2D eigenvalue weighted by Gasteiger charge is -2.19. The van der Waals surface area contributed by atoms with Gasteiger partial charge in [0.1, 0.15) is 0 Å². The molecule has 0 bridgehead atoms. The summed E-state index contributed by atoms with van der Waals surface area (Å²) in [6.07, 6.45) is 16.0. The van der Waals surface area contributed by atoms with Crippen molar-refractivity contribution in [3.05, 3.63) is 36.1 Å². The number of rotatable bonds is 6. The van der Waals surface area contributed by atoms with E-state index >= 15 is 0 Å². The van der Waals surface area contributed by atoms with Gasteiger partial charge in [-0.3, -0.25) is 0 Å². The molecule has 1 saturated carbocycles. The van der Waals surface area contributed by atoms with Crippen molar-refractivity contribution in [1.29, 1.82) is 5.41 Å². The molecule has 3 N–H and O–H groups in total. The van der Waals surface area contributed by atoms with Crippen LogP contribution in [0.2, 0.25) is 0 Å². The predicted octanol–water partition coefficient (Wildman–Crippen LogP) is 2.26. The van der Waals surface area contributed by atoms with Gasteiger partial charge in [-0.2, -0.15) is 0 Å². The zero-order valence-electron chi connectivity index (χ0n) is 15.7. The molecule has 2 fully saturated rings. The fraction of sp³-hybridized carbons (Fsp3) is 0.600. The highest BCUT2D eigenvalue weighted by Crippen LogP contribution is 2.19. The lowest BCUT2D eigenvalue weighted by atomic mass is 10.2. The zero-order valence-corrected chi connectivity index (χ0v) is 15.7. The molecular weight excluding hydrogens is 326 g/mol. The summed E-state index contributed by atoms with van der Waals surface area (Å²) < 4.78 is 0. The van der Waals surface area contributed by atoms with Crippen LogP contribution in [0.5, 0.6) is 0 Å². The molecule has 26 heavy (non-hydrogen) atoms. The summed E-state index contributed by atoms with van der Waals surface area (Å²) in [7, 11) is 2.12. The van der Waals surface area contributed by atoms with Gasteiger partial charge >= 0.3 is 6.03 Å². The molecule has 3 rings (SSSR count). The maximum atomic E-state index is 12.3. The van der Waals surface area contributed by atoms with Crippen molar-refractivity contribution >= 4 is 11.7 Å². The molecule has 2 amide bonds. The predicted molar refractivity (Wildman–Crippen MR) is 105 cm³/mol. The van der Waals surface area contributed by atoms with Crippen molar-refractivity contribution < 1.29 is 4.79 Å². The summed E-state index contributed by atoms with van der Waals surface area (Å²) in [4.78, 5) is 16.4. The first-order valence-electron chi connectivity index (χ1n) is 9.70. The number of nitrogens with zero attached hydrogens (tertiary/aromatic N) is 2. The standard InChI is InChI=1S/C20H31N5O/c1-24(14-18-10-6-11-22-18)12-5-4-7-16-13-25(15-19(16)21)20(26)23-17-8-2-3-9-17/h4-7,11,17-18,21-22H,2-3,8-10,12-15H2,1H3,(H,23,26)/b5-4+,16-7-,21-19?. The van der Waals surface area contributed by atoms with Crippen LogP contribution in [0.1, 0.15) is 32.1 Å². The molecule has 1 unspecified atom stereocenters. The number of carbonyl (C=O) groups is 1. The summed E-state index contributed by atoms with van der Waals surface area (Å²) >= 11 is 0. The van der Waals surface area contributed by atoms with Crippen molar-refractivity contribution in [2.24, 2.45) is 0 Å². The van der Waals surface area contributed by atoms with E-state index in [0.717, 1.165) is 37.9 Å². The number of amides is 2. The molecule has 0 aromatic rings. The van der Waals surface area contributed by atoms with Gasteiger partial charge in [-0.05, 0) is 38.1 Å². The minimum Gasteiger partial charge on any atom is -0.387 e. The van der Waals surface area contributed by atoms with Crippen molar-refractivity contribution in [3.8, 4) is 0 Å². The largest absolute Gasteiger partial charge is 0.387 e. The van der Waals surface area contributed by atoms with E-state index in [0.29, 0.717) is 30.9 Å². The number of nitrogens with one attached hydrogen (secondary N) is 3. The molecule has 0 aromatic heterocycles. The quantitative estimate of drug-likeness (QED) is 0.683. The first-order chi connectivity index (χ1) is 12.6. The van der Waals surface area contributed by atoms with Gasteiger partial charge in [0.05, 0.1) is 12.3 Å². The lowest BCUT2D eigenvalue weighted by molar-refractivity contribution is 0.207. The Labute approximate surface area is 156 Å². The Morgan fingerprint density at radius 2 is 2.23 bits per heavy atom. The molecule has 0 radical (unpaired) electrons. The maximum absolute atomic E-state index is 12.3. The van der Waals surface area contributed by atoms with Crippen LogP contribution < -0.4 is 10.6 Å². The van der Waals surface area contributed by atoms with Crippen molar-refractivity contribution in [2.45, 2.75) is 44.2 Å². The van der Waals surface area contributed by atoms with E-state index in [1.54, 1.807) is 4.90 Å². The SMILES string of the molecule is CN(C/C=C/C=C1/CN(C(=O)NC2CCCC2)CC1=N)CC1CC=CN1. The van der Waals surface area contributed by atoms with Crippen LogP contribution in [-0.2, 0) is 0 Å². The van der Waals surface area contributed by atoms with Crippen LogP contribution in [0.4, 0.5) is 4.79 Å². The summed E-state index contributed by atoms with van der Waals surface area (Å²) in [5.74, 6) is 0. The van der Waals surface area contributed by atoms with E-state index in [1.807, 2.05) is 18.4 Å². The topological polar surface area (TPSA) is 71.5 Å². The maximum Gasteiger partial charge on any atom is 0.318 e. The van der Waals surface area contributed by atoms with E-state index in [1.165, 1.54) is 12.8 Å². The Morgan fingerprint density at radius 3 is 2.96 bits per heavy atom. The minimum atomic E-state index is -0.0218. The number of urea groups is 1. The Balaban J connectivity index is 1.41. The molecule has 6 nitrogen and oxygen atoms in total. The van der Waals surface area contributed by atoms with E-state index in [-0.39, 0.29) is 6.03 Å². The third-order valence-electron chi connectivity index (χ3n) is 5.32. The molecule has 1 saturated heterocycles. The highest BCUT2D eigenvalue weighted by molar-refractivity contribution is 6.04. The third kappa shape index (κ3) is 5.21. The molecular formula is C20H31N5O. The molecule has 142 valence electrons. The van der Waals surface area contributed by atoms with Crippen LogP contribution in [0.15, 0.2) is 36.1 Å². The number of allylic oxidation sites excluding steroid dienone is 2. The van der Waals surface area contributed by atoms with E-state index in [2.05, 4.69) is 34.7 Å². The van der Waals surface area contributed by atoms with Gasteiger partial charge in [-0.1, -0.05) is 37.1 Å². The molecule has 1 atom stereocenters. The molecule has 0 aromatic carbocycles. The van der Waals surface area contributed by atoms with Gasteiger partial charge in [0.25, 0.3) is 0 Å². The van der Waals surface area contributed by atoms with Gasteiger partial charge in [0, 0.05) is 31.7 Å². The third-order valence-corrected chi connectivity index (χ3v) is 5.32. The average molecular weight is 358 g/mol. The van der Waals surface area contributed by atoms with E-state index in [4.69, 9.17) is 5.41 Å². The highest BCUT2D eigenvalue weighted by Gasteiger charge is 2.27. The number of carbonyl (C=O) groups excluding carboxylic acids is 1. The summed E-state index contributed by atoms with van der Waals surface area (Å²) in [5, 5.41) is 14.6. The second-order valence-corrected chi connectivity index (χ2v) is 7.61. The number of likely N-dealkylation sites (N-methyl/N-ethyl adjacent to an activating group) is 1. The Morgan fingerprint density at radius 1 is 1.42 bits per heavy atom. The van der Waals surface area contributed by atoms with Gasteiger partial charge in [0.2, 0.25) is 0 Å². The molecule has 3 aliphatic rings. The Kier molecular flexibility index (Phi) is 6.50. The van der Waals surface area contributed by atoms with Crippen molar-refractivity contribution in [2.75, 3.05) is 33.2 Å². The number of hydrogen-bond donors (Lipinski definition) is 3. The lowest BCUT2D eigenvalue weighted by Crippen LogP contribution is -2.42. The van der Waals surface area contributed by atoms with E-state index < -0.39 is 0 Å². The van der Waals surface area contributed by atoms with Crippen LogP contribution in [0.3, 0.4) is 0 Å². The highest BCUT2D eigenvalue weighted by atomic mass is 16.2. The molecule has 0 spiro atoms. The minimum absolute atomic E-state index is 0.0218. The van der Waals surface area contributed by atoms with E-state index in [9.17, 15) is 4.79 Å². The summed E-state index contributed by atoms with van der Waals surface area (Å²) in [6.45, 7) is 2.84. The Bertz CT molecular complexity index is 595. The van der Waals surface area contributed by atoms with Crippen molar-refractivity contribution in [3.63, 3.8) is 0 Å². The monoisotopic (exact) mass is 357 g/mol. The molecule has 6 heteroatoms. The second-order valence-electron chi connectivity index (χ2n) is 7.61. The molecule has 2 heterocycles. The van der Waals surface area contributed by atoms with Gasteiger partial charge in [-0.25, -0.2) is 4.79 Å². The Hall–Kier alpha value is -2.08. The first kappa shape index (κ1) is 18.7. The number of hydrogen-bond acceptors (Lipinski definition) is 4. The van der Waals surface area contributed by atoms with Gasteiger partial charge < -0.3 is 25.8 Å².